The summed E-state index contributed by atoms with van der Waals surface area (Å²) < 4.78 is 15.0. The van der Waals surface area contributed by atoms with E-state index in [0.29, 0.717) is 17.5 Å². The minimum atomic E-state index is -0.354. The molecule has 49 heavy (non-hydrogen) atoms. The Bertz CT molecular complexity index is 1970. The number of nitrogens with one attached hydrogen (secondary N) is 1. The van der Waals surface area contributed by atoms with Crippen LogP contribution in [0.1, 0.15) is 54.3 Å². The van der Waals surface area contributed by atoms with Gasteiger partial charge in [-0.2, -0.15) is 0 Å². The Hall–Kier alpha value is -4.74. The van der Waals surface area contributed by atoms with Crippen molar-refractivity contribution in [3.05, 3.63) is 93.4 Å². The maximum Gasteiger partial charge on any atom is 0.302 e. The number of aryl methyl sites for hydroxylation is 2. The zero-order valence-corrected chi connectivity index (χ0v) is 28.3. The predicted molar refractivity (Wildman–Crippen MR) is 189 cm³/mol. The highest BCUT2D eigenvalue weighted by Gasteiger charge is 2.28. The summed E-state index contributed by atoms with van der Waals surface area (Å²) in [7, 11) is 1.75. The molecule has 11 heteroatoms. The normalized spacial score (nSPS) is 17.9. The number of nitrogens with zero attached hydrogens (tertiary/aromatic N) is 6. The van der Waals surface area contributed by atoms with Gasteiger partial charge in [-0.05, 0) is 84.7 Å². The van der Waals surface area contributed by atoms with Crippen molar-refractivity contribution < 1.29 is 14.3 Å². The second-order valence-electron chi connectivity index (χ2n) is 13.6. The standard InChI is InChI=1S/C38H43N7O4/c1-25(46)49-24-33-32(9-12-39-37(33)44-15-16-45-30(21-44)17-27-5-3-4-6-35(27)45)29-18-34(38(47)42(2)20-29)41-36-8-7-28(19-40-36)26-10-13-43(14-11-26)31-22-48-23-31/h7-10,12,17-20,31H,3-6,11,13-16,21-24H2,1-2H3,(H,40,41). The largest absolute Gasteiger partial charge is 0.461 e. The van der Waals surface area contributed by atoms with Crippen LogP contribution in [0.25, 0.3) is 16.7 Å². The first-order valence-corrected chi connectivity index (χ1v) is 17.4. The number of aromatic nitrogens is 4. The molecule has 4 aliphatic rings. The number of fused-ring (bicyclic) bond motifs is 3. The number of rotatable bonds is 8. The molecule has 1 saturated heterocycles. The molecule has 0 aromatic carbocycles. The number of carbonyl (C=O) groups excluding carboxylic acids is 1. The number of anilines is 3. The summed E-state index contributed by atoms with van der Waals surface area (Å²) in [5, 5.41) is 3.27. The monoisotopic (exact) mass is 661 g/mol. The van der Waals surface area contributed by atoms with Crippen molar-refractivity contribution >= 4 is 28.9 Å². The van der Waals surface area contributed by atoms with Gasteiger partial charge in [0.2, 0.25) is 0 Å². The van der Waals surface area contributed by atoms with Gasteiger partial charge >= 0.3 is 5.97 Å². The zero-order chi connectivity index (χ0) is 33.5. The van der Waals surface area contributed by atoms with Crippen LogP contribution in [0, 0.1) is 0 Å². The van der Waals surface area contributed by atoms with Crippen LogP contribution < -0.4 is 15.8 Å². The van der Waals surface area contributed by atoms with E-state index in [0.717, 1.165) is 93.3 Å². The molecule has 0 saturated carbocycles. The molecule has 8 rings (SSSR count). The molecule has 1 N–H and O–H groups in total. The Balaban J connectivity index is 1.06. The summed E-state index contributed by atoms with van der Waals surface area (Å²) >= 11 is 0. The van der Waals surface area contributed by atoms with Crippen LogP contribution in [0.3, 0.4) is 0 Å². The van der Waals surface area contributed by atoms with Crippen molar-refractivity contribution in [1.82, 2.24) is 24.0 Å². The Kier molecular flexibility index (Phi) is 8.55. The minimum Gasteiger partial charge on any atom is -0.461 e. The van der Waals surface area contributed by atoms with Crippen molar-refractivity contribution in [3.8, 4) is 11.1 Å². The molecule has 11 nitrogen and oxygen atoms in total. The average Bonchev–Trinajstić information content (AvgIpc) is 3.47. The topological polar surface area (TPSA) is 107 Å². The quantitative estimate of drug-likeness (QED) is 0.266. The Labute approximate surface area is 286 Å². The lowest BCUT2D eigenvalue weighted by Gasteiger charge is -2.38. The van der Waals surface area contributed by atoms with Crippen molar-refractivity contribution in [2.75, 3.05) is 43.1 Å². The van der Waals surface area contributed by atoms with E-state index >= 15 is 0 Å². The van der Waals surface area contributed by atoms with Crippen LogP contribution in [0.5, 0.6) is 0 Å². The maximum atomic E-state index is 13.4. The summed E-state index contributed by atoms with van der Waals surface area (Å²) in [6.07, 6.45) is 13.6. The third-order valence-electron chi connectivity index (χ3n) is 10.5. The van der Waals surface area contributed by atoms with Gasteiger partial charge < -0.3 is 28.8 Å². The van der Waals surface area contributed by atoms with Crippen molar-refractivity contribution in [2.45, 2.75) is 64.8 Å². The van der Waals surface area contributed by atoms with Crippen LogP contribution in [0.15, 0.2) is 59.8 Å². The van der Waals surface area contributed by atoms with Crippen LogP contribution >= 0.6 is 0 Å². The molecular weight excluding hydrogens is 618 g/mol. The fraction of sp³-hybridized carbons (Fsp3) is 0.421. The fourth-order valence-electron chi connectivity index (χ4n) is 7.71. The lowest BCUT2D eigenvalue weighted by molar-refractivity contribution is -0.142. The first-order chi connectivity index (χ1) is 23.9. The third kappa shape index (κ3) is 6.28. The second kappa shape index (κ2) is 13.3. The molecule has 1 fully saturated rings. The lowest BCUT2D eigenvalue weighted by Crippen LogP contribution is -2.50. The molecule has 0 unspecified atom stereocenters. The number of hydrogen-bond acceptors (Lipinski definition) is 9. The van der Waals surface area contributed by atoms with Gasteiger partial charge in [-0.1, -0.05) is 6.08 Å². The van der Waals surface area contributed by atoms with Crippen LogP contribution in [-0.2, 0) is 53.9 Å². The van der Waals surface area contributed by atoms with E-state index < -0.39 is 0 Å². The van der Waals surface area contributed by atoms with Crippen LogP contribution in [-0.4, -0.2) is 68.9 Å². The highest BCUT2D eigenvalue weighted by atomic mass is 16.5. The van der Waals surface area contributed by atoms with E-state index in [9.17, 15) is 9.59 Å². The number of pyridine rings is 3. The number of carbonyl (C=O) groups is 1. The Morgan fingerprint density at radius 1 is 1.04 bits per heavy atom. The molecule has 4 aromatic rings. The van der Waals surface area contributed by atoms with Crippen molar-refractivity contribution in [3.63, 3.8) is 0 Å². The van der Waals surface area contributed by atoms with Gasteiger partial charge in [-0.15, -0.1) is 0 Å². The minimum absolute atomic E-state index is 0.0819. The van der Waals surface area contributed by atoms with Gasteiger partial charge in [0, 0.05) is 81.3 Å². The zero-order valence-electron chi connectivity index (χ0n) is 28.3. The molecule has 0 atom stereocenters. The number of esters is 1. The number of ether oxygens (including phenoxy) is 2. The van der Waals surface area contributed by atoms with Crippen molar-refractivity contribution in [1.29, 1.82) is 0 Å². The van der Waals surface area contributed by atoms with Crippen LogP contribution in [0.4, 0.5) is 17.3 Å². The van der Waals surface area contributed by atoms with Crippen LogP contribution in [0.2, 0.25) is 0 Å². The maximum absolute atomic E-state index is 13.4. The fourth-order valence-corrected chi connectivity index (χ4v) is 7.71. The Morgan fingerprint density at radius 3 is 2.67 bits per heavy atom. The smallest absolute Gasteiger partial charge is 0.302 e. The van der Waals surface area contributed by atoms with E-state index in [1.807, 2.05) is 30.6 Å². The highest BCUT2D eigenvalue weighted by molar-refractivity contribution is 5.76. The molecular formula is C38H43N7O4. The molecule has 7 heterocycles. The summed E-state index contributed by atoms with van der Waals surface area (Å²) in [6, 6.07) is 10.7. The molecule has 0 bridgehead atoms. The van der Waals surface area contributed by atoms with Crippen molar-refractivity contribution in [2.24, 2.45) is 7.05 Å². The molecule has 4 aromatic heterocycles. The molecule has 0 radical (unpaired) electrons. The summed E-state index contributed by atoms with van der Waals surface area (Å²) in [4.78, 5) is 39.7. The molecule has 254 valence electrons. The van der Waals surface area contributed by atoms with Gasteiger partial charge in [-0.3, -0.25) is 14.5 Å². The lowest BCUT2D eigenvalue weighted by atomic mass is 9.98. The van der Waals surface area contributed by atoms with E-state index in [4.69, 9.17) is 14.5 Å². The molecule has 0 spiro atoms. The van der Waals surface area contributed by atoms with Gasteiger partial charge in [0.15, 0.2) is 0 Å². The summed E-state index contributed by atoms with van der Waals surface area (Å²) in [6.45, 7) is 7.56. The molecule has 0 amide bonds. The molecule has 1 aliphatic carbocycles. The van der Waals surface area contributed by atoms with E-state index in [-0.39, 0.29) is 18.1 Å². The summed E-state index contributed by atoms with van der Waals surface area (Å²) in [5.41, 5.74) is 9.42. The van der Waals surface area contributed by atoms with Gasteiger partial charge in [-0.25, -0.2) is 9.97 Å². The SMILES string of the molecule is CC(=O)OCc1c(-c2cc(Nc3ccc(C4=CCN(C5COC5)CC4)cn3)c(=O)n(C)c2)ccnc1N1CCn2c(cc3c2CCCC3)C1. The van der Waals surface area contributed by atoms with Gasteiger partial charge in [0.05, 0.1) is 25.8 Å². The van der Waals surface area contributed by atoms with E-state index in [1.54, 1.807) is 17.8 Å². The van der Waals surface area contributed by atoms with Gasteiger partial charge in [0.25, 0.3) is 5.56 Å². The predicted octanol–water partition coefficient (Wildman–Crippen LogP) is 4.84. The van der Waals surface area contributed by atoms with Gasteiger partial charge in [0.1, 0.15) is 23.9 Å². The van der Waals surface area contributed by atoms with E-state index in [2.05, 4.69) is 42.9 Å². The second-order valence-corrected chi connectivity index (χ2v) is 13.6. The summed E-state index contributed by atoms with van der Waals surface area (Å²) in [5.74, 6) is 1.04. The number of hydrogen-bond donors (Lipinski definition) is 1. The molecule has 3 aliphatic heterocycles. The van der Waals surface area contributed by atoms with E-state index in [1.165, 1.54) is 42.3 Å². The third-order valence-corrected chi connectivity index (χ3v) is 10.5. The first-order valence-electron chi connectivity index (χ1n) is 17.4. The Morgan fingerprint density at radius 2 is 1.92 bits per heavy atom. The average molecular weight is 662 g/mol. The first kappa shape index (κ1) is 31.5. The highest BCUT2D eigenvalue weighted by Crippen LogP contribution is 2.35.